The van der Waals surface area contributed by atoms with Gasteiger partial charge in [0.25, 0.3) is 0 Å². The van der Waals surface area contributed by atoms with Gasteiger partial charge in [0.15, 0.2) is 11.5 Å². The van der Waals surface area contributed by atoms with Crippen molar-refractivity contribution in [2.75, 3.05) is 13.9 Å². The molecule has 2 aromatic carbocycles. The number of aryl methyl sites for hydroxylation is 1. The van der Waals surface area contributed by atoms with Crippen molar-refractivity contribution in [3.63, 3.8) is 0 Å². The highest BCUT2D eigenvalue weighted by Crippen LogP contribution is 2.42. The number of rotatable bonds is 6. The highest BCUT2D eigenvalue weighted by molar-refractivity contribution is 6.14. The first kappa shape index (κ1) is 17.6. The lowest BCUT2D eigenvalue weighted by Gasteiger charge is -2.06. The maximum atomic E-state index is 12.7. The summed E-state index contributed by atoms with van der Waals surface area (Å²) in [4.78, 5) is 12.7. The van der Waals surface area contributed by atoms with Crippen molar-refractivity contribution in [3.05, 3.63) is 58.7 Å². The van der Waals surface area contributed by atoms with Crippen molar-refractivity contribution in [1.29, 1.82) is 5.26 Å². The molecule has 26 heavy (non-hydrogen) atoms. The second kappa shape index (κ2) is 7.75. The Bertz CT molecular complexity index is 891. The van der Waals surface area contributed by atoms with Gasteiger partial charge in [-0.3, -0.25) is 4.79 Å². The van der Waals surface area contributed by atoms with Gasteiger partial charge in [-0.2, -0.15) is 5.26 Å². The molecule has 0 aromatic heterocycles. The van der Waals surface area contributed by atoms with Crippen LogP contribution >= 0.6 is 0 Å². The van der Waals surface area contributed by atoms with Crippen LogP contribution in [0.25, 0.3) is 6.08 Å². The Morgan fingerprint density at radius 2 is 2.04 bits per heavy atom. The van der Waals surface area contributed by atoms with Gasteiger partial charge in [-0.05, 0) is 35.8 Å². The Morgan fingerprint density at radius 3 is 2.69 bits per heavy atom. The first-order chi connectivity index (χ1) is 12.7. The number of ether oxygens (including phenoxy) is 3. The van der Waals surface area contributed by atoms with E-state index in [-0.39, 0.29) is 18.1 Å². The SMILES string of the molecule is CCCc1ccc(C(=O)/C(C#N)=C/c2cc(OC)c3c(c2)OCO3)cc1. The summed E-state index contributed by atoms with van der Waals surface area (Å²) in [5, 5.41) is 9.45. The zero-order chi connectivity index (χ0) is 18.5. The van der Waals surface area contributed by atoms with Crippen LogP contribution in [0.3, 0.4) is 0 Å². The minimum absolute atomic E-state index is 0.0501. The average Bonchev–Trinajstić information content (AvgIpc) is 3.14. The first-order valence-corrected chi connectivity index (χ1v) is 8.39. The van der Waals surface area contributed by atoms with Crippen molar-refractivity contribution in [3.8, 4) is 23.3 Å². The number of nitrogens with zero attached hydrogens (tertiary/aromatic N) is 1. The van der Waals surface area contributed by atoms with Crippen LogP contribution in [0.2, 0.25) is 0 Å². The van der Waals surface area contributed by atoms with Crippen LogP contribution in [0.15, 0.2) is 42.0 Å². The Kier molecular flexibility index (Phi) is 5.23. The zero-order valence-corrected chi connectivity index (χ0v) is 14.7. The van der Waals surface area contributed by atoms with E-state index < -0.39 is 0 Å². The molecular weight excluding hydrogens is 330 g/mol. The van der Waals surface area contributed by atoms with Crippen molar-refractivity contribution in [2.24, 2.45) is 0 Å². The number of hydrogen-bond donors (Lipinski definition) is 0. The smallest absolute Gasteiger partial charge is 0.231 e. The minimum Gasteiger partial charge on any atom is -0.493 e. The summed E-state index contributed by atoms with van der Waals surface area (Å²) in [7, 11) is 1.53. The van der Waals surface area contributed by atoms with Gasteiger partial charge >= 0.3 is 0 Å². The fourth-order valence-corrected chi connectivity index (χ4v) is 2.82. The third kappa shape index (κ3) is 3.55. The quantitative estimate of drug-likeness (QED) is 0.445. The lowest BCUT2D eigenvalue weighted by Crippen LogP contribution is -2.02. The van der Waals surface area contributed by atoms with Crippen molar-refractivity contribution in [2.45, 2.75) is 19.8 Å². The Balaban J connectivity index is 1.91. The largest absolute Gasteiger partial charge is 0.493 e. The van der Waals surface area contributed by atoms with Gasteiger partial charge in [-0.25, -0.2) is 0 Å². The van der Waals surface area contributed by atoms with Crippen LogP contribution in [0, 0.1) is 11.3 Å². The monoisotopic (exact) mass is 349 g/mol. The molecule has 0 N–H and O–H groups in total. The van der Waals surface area contributed by atoms with Crippen LogP contribution in [0.5, 0.6) is 17.2 Å². The molecular formula is C21H19NO4. The topological polar surface area (TPSA) is 68.6 Å². The molecule has 0 saturated heterocycles. The predicted molar refractivity (Wildman–Crippen MR) is 97.5 cm³/mol. The van der Waals surface area contributed by atoms with E-state index in [1.807, 2.05) is 18.2 Å². The zero-order valence-electron chi connectivity index (χ0n) is 14.7. The third-order valence-corrected chi connectivity index (χ3v) is 4.11. The summed E-state index contributed by atoms with van der Waals surface area (Å²) in [6, 6.07) is 12.8. The average molecular weight is 349 g/mol. The molecule has 5 nitrogen and oxygen atoms in total. The molecule has 0 bridgehead atoms. The van der Waals surface area contributed by atoms with Gasteiger partial charge in [0, 0.05) is 5.56 Å². The normalized spacial score (nSPS) is 12.6. The van der Waals surface area contributed by atoms with Gasteiger partial charge in [0.1, 0.15) is 11.6 Å². The molecule has 0 radical (unpaired) electrons. The van der Waals surface area contributed by atoms with Crippen LogP contribution in [0.1, 0.15) is 34.8 Å². The van der Waals surface area contributed by atoms with E-state index >= 15 is 0 Å². The van der Waals surface area contributed by atoms with Crippen LogP contribution in [-0.2, 0) is 6.42 Å². The Hall–Kier alpha value is -3.26. The summed E-state index contributed by atoms with van der Waals surface area (Å²) in [6.45, 7) is 2.22. The van der Waals surface area contributed by atoms with E-state index in [0.717, 1.165) is 12.8 Å². The predicted octanol–water partition coefficient (Wildman–Crippen LogP) is 4.17. The lowest BCUT2D eigenvalue weighted by atomic mass is 9.99. The van der Waals surface area contributed by atoms with Gasteiger partial charge in [0.2, 0.25) is 18.3 Å². The highest BCUT2D eigenvalue weighted by Gasteiger charge is 2.20. The van der Waals surface area contributed by atoms with Gasteiger partial charge < -0.3 is 14.2 Å². The highest BCUT2D eigenvalue weighted by atomic mass is 16.7. The number of fused-ring (bicyclic) bond motifs is 1. The fourth-order valence-electron chi connectivity index (χ4n) is 2.82. The second-order valence-electron chi connectivity index (χ2n) is 5.90. The molecule has 1 aliphatic rings. The summed E-state index contributed by atoms with van der Waals surface area (Å²) >= 11 is 0. The lowest BCUT2D eigenvalue weighted by molar-refractivity contribution is 0.104. The van der Waals surface area contributed by atoms with Crippen LogP contribution in [-0.4, -0.2) is 19.7 Å². The standard InChI is InChI=1S/C21H19NO4/c1-3-4-14-5-7-16(8-6-14)20(23)17(12-22)9-15-10-18(24-2)21-19(11-15)25-13-26-21/h5-11H,3-4,13H2,1-2H3/b17-9+. The molecule has 3 rings (SSSR count). The van der Waals surface area contributed by atoms with Crippen molar-refractivity contribution >= 4 is 11.9 Å². The van der Waals surface area contributed by atoms with Gasteiger partial charge in [-0.1, -0.05) is 37.6 Å². The van der Waals surface area contributed by atoms with Crippen LogP contribution < -0.4 is 14.2 Å². The number of hydrogen-bond acceptors (Lipinski definition) is 5. The number of nitriles is 1. The summed E-state index contributed by atoms with van der Waals surface area (Å²) < 4.78 is 16.0. The van der Waals surface area contributed by atoms with E-state index in [0.29, 0.717) is 28.4 Å². The molecule has 132 valence electrons. The van der Waals surface area contributed by atoms with E-state index in [2.05, 4.69) is 6.92 Å². The first-order valence-electron chi connectivity index (χ1n) is 8.39. The van der Waals surface area contributed by atoms with Crippen molar-refractivity contribution in [1.82, 2.24) is 0 Å². The third-order valence-electron chi connectivity index (χ3n) is 4.11. The molecule has 1 aliphatic heterocycles. The summed E-state index contributed by atoms with van der Waals surface area (Å²) in [5.74, 6) is 1.25. The second-order valence-corrected chi connectivity index (χ2v) is 5.90. The number of Topliss-reactive ketones (excluding diaryl/α,β-unsaturated/α-hetero) is 1. The molecule has 0 aliphatic carbocycles. The molecule has 0 unspecified atom stereocenters. The summed E-state index contributed by atoms with van der Waals surface area (Å²) in [5.41, 5.74) is 2.35. The fraction of sp³-hybridized carbons (Fsp3) is 0.238. The van der Waals surface area contributed by atoms with E-state index in [9.17, 15) is 10.1 Å². The minimum atomic E-state index is -0.313. The number of ketones is 1. The molecule has 0 amide bonds. The van der Waals surface area contributed by atoms with E-state index in [4.69, 9.17) is 14.2 Å². The van der Waals surface area contributed by atoms with E-state index in [1.54, 1.807) is 24.3 Å². The van der Waals surface area contributed by atoms with E-state index in [1.165, 1.54) is 18.7 Å². The molecule has 5 heteroatoms. The summed E-state index contributed by atoms with van der Waals surface area (Å²) in [6.07, 6.45) is 3.54. The maximum Gasteiger partial charge on any atom is 0.231 e. The number of allylic oxidation sites excluding steroid dienone is 1. The molecule has 0 fully saturated rings. The Labute approximate surface area is 152 Å². The number of carbonyl (C=O) groups is 1. The van der Waals surface area contributed by atoms with Crippen LogP contribution in [0.4, 0.5) is 0 Å². The Morgan fingerprint density at radius 1 is 1.27 bits per heavy atom. The molecule has 0 saturated carbocycles. The van der Waals surface area contributed by atoms with Gasteiger partial charge in [-0.15, -0.1) is 0 Å². The molecule has 0 spiro atoms. The maximum absolute atomic E-state index is 12.7. The molecule has 1 heterocycles. The number of methoxy groups -OCH3 is 1. The van der Waals surface area contributed by atoms with Gasteiger partial charge in [0.05, 0.1) is 7.11 Å². The number of benzene rings is 2. The van der Waals surface area contributed by atoms with Crippen molar-refractivity contribution < 1.29 is 19.0 Å². The number of carbonyl (C=O) groups excluding carboxylic acids is 1. The molecule has 2 aromatic rings. The molecule has 0 atom stereocenters.